The maximum absolute atomic E-state index is 12.0. The van der Waals surface area contributed by atoms with E-state index in [4.69, 9.17) is 0 Å². The number of anilines is 1. The summed E-state index contributed by atoms with van der Waals surface area (Å²) in [5.74, 6) is 1.64. The summed E-state index contributed by atoms with van der Waals surface area (Å²) in [4.78, 5) is 27.5. The Kier molecular flexibility index (Phi) is 5.05. The Morgan fingerprint density at radius 2 is 2.30 bits per heavy atom. The maximum Gasteiger partial charge on any atom is 0.315 e. The number of pyridine rings is 1. The number of nitrogens with one attached hydrogen (secondary N) is 3. The number of aryl methyl sites for hydroxylation is 1. The van der Waals surface area contributed by atoms with Crippen molar-refractivity contribution in [3.8, 4) is 0 Å². The molecule has 124 valence electrons. The van der Waals surface area contributed by atoms with Gasteiger partial charge in [0.2, 0.25) is 5.91 Å². The Hall–Kier alpha value is -1.76. The van der Waals surface area contributed by atoms with Gasteiger partial charge in [0.1, 0.15) is 5.82 Å². The molecule has 6 nitrogen and oxygen atoms in total. The largest absolute Gasteiger partial charge is 0.332 e. The molecule has 3 heterocycles. The molecule has 7 heteroatoms. The second-order valence-corrected chi connectivity index (χ2v) is 7.36. The predicted octanol–water partition coefficient (Wildman–Crippen LogP) is 2.05. The molecule has 3 amide bonds. The lowest BCUT2D eigenvalue weighted by Crippen LogP contribution is -2.36. The van der Waals surface area contributed by atoms with Crippen LogP contribution in [0, 0.1) is 6.92 Å². The smallest absolute Gasteiger partial charge is 0.315 e. The summed E-state index contributed by atoms with van der Waals surface area (Å²) >= 11 is 1.91. The van der Waals surface area contributed by atoms with Gasteiger partial charge in [0.15, 0.2) is 0 Å². The first-order valence-electron chi connectivity index (χ1n) is 8.03. The van der Waals surface area contributed by atoms with E-state index in [2.05, 4.69) is 20.9 Å². The van der Waals surface area contributed by atoms with Crippen LogP contribution < -0.4 is 16.0 Å². The van der Waals surface area contributed by atoms with Crippen molar-refractivity contribution in [2.45, 2.75) is 49.9 Å². The Labute approximate surface area is 140 Å². The molecule has 2 aliphatic rings. The predicted molar refractivity (Wildman–Crippen MR) is 91.6 cm³/mol. The van der Waals surface area contributed by atoms with E-state index in [1.165, 1.54) is 0 Å². The highest BCUT2D eigenvalue weighted by atomic mass is 32.2. The van der Waals surface area contributed by atoms with Crippen molar-refractivity contribution in [2.75, 3.05) is 11.1 Å². The molecule has 3 rings (SSSR count). The molecule has 3 atom stereocenters. The van der Waals surface area contributed by atoms with E-state index >= 15 is 0 Å². The Bertz CT molecular complexity index is 595. The molecule has 23 heavy (non-hydrogen) atoms. The first kappa shape index (κ1) is 16.1. The number of carbonyl (C=O) groups excluding carboxylic acids is 2. The van der Waals surface area contributed by atoms with Crippen LogP contribution >= 0.6 is 11.8 Å². The minimum atomic E-state index is -0.0459. The van der Waals surface area contributed by atoms with E-state index in [0.717, 1.165) is 30.6 Å². The fraction of sp³-hybridized carbons (Fsp3) is 0.562. The second-order valence-electron chi connectivity index (χ2n) is 6.08. The lowest BCUT2D eigenvalue weighted by atomic mass is 10.0. The van der Waals surface area contributed by atoms with Crippen molar-refractivity contribution in [3.05, 3.63) is 23.9 Å². The zero-order chi connectivity index (χ0) is 16.2. The van der Waals surface area contributed by atoms with Crippen LogP contribution in [0.1, 0.15) is 31.2 Å². The van der Waals surface area contributed by atoms with E-state index in [1.807, 2.05) is 30.8 Å². The lowest BCUT2D eigenvalue weighted by molar-refractivity contribution is -0.116. The highest BCUT2D eigenvalue weighted by Gasteiger charge is 2.42. The molecule has 3 N–H and O–H groups in total. The molecule has 1 aromatic heterocycles. The van der Waals surface area contributed by atoms with Crippen molar-refractivity contribution in [1.82, 2.24) is 15.6 Å². The van der Waals surface area contributed by atoms with E-state index in [0.29, 0.717) is 17.5 Å². The minimum Gasteiger partial charge on any atom is -0.332 e. The number of urea groups is 1. The number of fused-ring (bicyclic) bond motifs is 1. The third-order valence-corrected chi connectivity index (χ3v) is 5.86. The van der Waals surface area contributed by atoms with Gasteiger partial charge < -0.3 is 16.0 Å². The number of nitrogens with zero attached hydrogens (tertiary/aromatic N) is 1. The monoisotopic (exact) mass is 334 g/mol. The first-order valence-corrected chi connectivity index (χ1v) is 9.08. The van der Waals surface area contributed by atoms with Crippen LogP contribution in [0.4, 0.5) is 10.6 Å². The molecule has 0 saturated carbocycles. The number of rotatable bonds is 6. The average molecular weight is 334 g/mol. The van der Waals surface area contributed by atoms with Gasteiger partial charge >= 0.3 is 6.03 Å². The maximum atomic E-state index is 12.0. The summed E-state index contributed by atoms with van der Waals surface area (Å²) in [5, 5.41) is 9.26. The summed E-state index contributed by atoms with van der Waals surface area (Å²) in [6.45, 7) is 1.93. The number of hydrogen-bond acceptors (Lipinski definition) is 4. The standard InChI is InChI=1S/C16H22N4O2S/c1-10-5-4-8-17-15(10)19-13(21)7-3-2-6-12-14-11(9-23-12)18-16(22)20-14/h4-5,8,11-12,14H,2-3,6-7,9H2,1H3,(H,17,19,21)(H2,18,20,22). The molecular weight excluding hydrogens is 312 g/mol. The van der Waals surface area contributed by atoms with Gasteiger partial charge in [-0.2, -0.15) is 11.8 Å². The third kappa shape index (κ3) is 3.96. The van der Waals surface area contributed by atoms with Gasteiger partial charge in [-0.05, 0) is 31.4 Å². The summed E-state index contributed by atoms with van der Waals surface area (Å²) in [6, 6.07) is 4.26. The lowest BCUT2D eigenvalue weighted by Gasteiger charge is -2.16. The Morgan fingerprint density at radius 3 is 3.13 bits per heavy atom. The van der Waals surface area contributed by atoms with Gasteiger partial charge in [-0.25, -0.2) is 9.78 Å². The zero-order valence-electron chi connectivity index (χ0n) is 13.2. The van der Waals surface area contributed by atoms with Gasteiger partial charge in [0.05, 0.1) is 12.1 Å². The molecule has 0 aliphatic carbocycles. The number of carbonyl (C=O) groups is 2. The Morgan fingerprint density at radius 1 is 1.43 bits per heavy atom. The molecule has 0 bridgehead atoms. The van der Waals surface area contributed by atoms with Gasteiger partial charge in [0, 0.05) is 23.6 Å². The number of hydrogen-bond donors (Lipinski definition) is 3. The van der Waals surface area contributed by atoms with Crippen molar-refractivity contribution in [3.63, 3.8) is 0 Å². The Balaban J connectivity index is 1.36. The molecule has 2 aliphatic heterocycles. The van der Waals surface area contributed by atoms with Gasteiger partial charge in [-0.15, -0.1) is 0 Å². The van der Waals surface area contributed by atoms with Crippen molar-refractivity contribution >= 4 is 29.5 Å². The van der Waals surface area contributed by atoms with Crippen LogP contribution in [0.3, 0.4) is 0 Å². The number of amides is 3. The van der Waals surface area contributed by atoms with Crippen molar-refractivity contribution in [2.24, 2.45) is 0 Å². The molecule has 0 spiro atoms. The van der Waals surface area contributed by atoms with Crippen LogP contribution in [0.15, 0.2) is 18.3 Å². The van der Waals surface area contributed by atoms with Crippen molar-refractivity contribution in [1.29, 1.82) is 0 Å². The van der Waals surface area contributed by atoms with E-state index < -0.39 is 0 Å². The summed E-state index contributed by atoms with van der Waals surface area (Å²) in [6.07, 6.45) is 5.06. The van der Waals surface area contributed by atoms with Crippen LogP contribution in [0.2, 0.25) is 0 Å². The highest BCUT2D eigenvalue weighted by Crippen LogP contribution is 2.33. The number of unbranched alkanes of at least 4 members (excludes halogenated alkanes) is 1. The minimum absolute atomic E-state index is 0.0135. The number of thioether (sulfide) groups is 1. The topological polar surface area (TPSA) is 83.1 Å². The fourth-order valence-corrected chi connectivity index (χ4v) is 4.63. The summed E-state index contributed by atoms with van der Waals surface area (Å²) in [5.41, 5.74) is 0.971. The van der Waals surface area contributed by atoms with Gasteiger partial charge in [-0.3, -0.25) is 4.79 Å². The second kappa shape index (κ2) is 7.21. The number of aromatic nitrogens is 1. The van der Waals surface area contributed by atoms with E-state index in [1.54, 1.807) is 6.20 Å². The normalized spacial score (nSPS) is 25.6. The van der Waals surface area contributed by atoms with E-state index in [9.17, 15) is 9.59 Å². The fourth-order valence-electron chi connectivity index (χ4n) is 3.09. The molecule has 0 radical (unpaired) electrons. The van der Waals surface area contributed by atoms with Gasteiger partial charge in [-0.1, -0.05) is 12.5 Å². The van der Waals surface area contributed by atoms with Crippen LogP contribution in [-0.4, -0.2) is 40.0 Å². The molecule has 0 aromatic carbocycles. The van der Waals surface area contributed by atoms with Crippen LogP contribution in [0.25, 0.3) is 0 Å². The third-order valence-electron chi connectivity index (χ3n) is 4.35. The van der Waals surface area contributed by atoms with Crippen molar-refractivity contribution < 1.29 is 9.59 Å². The molecule has 3 unspecified atom stereocenters. The van der Waals surface area contributed by atoms with E-state index in [-0.39, 0.29) is 24.0 Å². The molecule has 2 saturated heterocycles. The SMILES string of the molecule is Cc1cccnc1NC(=O)CCCCC1SCC2NC(=O)NC21. The molecule has 2 fully saturated rings. The molecular formula is C16H22N4O2S. The highest BCUT2D eigenvalue weighted by molar-refractivity contribution is 8.00. The first-order chi connectivity index (χ1) is 11.1. The van der Waals surface area contributed by atoms with Crippen LogP contribution in [0.5, 0.6) is 0 Å². The molecule has 1 aromatic rings. The quantitative estimate of drug-likeness (QED) is 0.549. The zero-order valence-corrected chi connectivity index (χ0v) is 14.0. The average Bonchev–Trinajstić information content (AvgIpc) is 3.06. The summed E-state index contributed by atoms with van der Waals surface area (Å²) in [7, 11) is 0. The summed E-state index contributed by atoms with van der Waals surface area (Å²) < 4.78 is 0. The van der Waals surface area contributed by atoms with Gasteiger partial charge in [0.25, 0.3) is 0 Å². The van der Waals surface area contributed by atoms with Crippen LogP contribution in [-0.2, 0) is 4.79 Å².